The van der Waals surface area contributed by atoms with Gasteiger partial charge in [-0.15, -0.1) is 0 Å². The fourth-order valence-corrected chi connectivity index (χ4v) is 2.25. The first-order chi connectivity index (χ1) is 6.22. The summed E-state index contributed by atoms with van der Waals surface area (Å²) in [4.78, 5) is 0. The number of hydrogen-bond donors (Lipinski definition) is 1. The minimum absolute atomic E-state index is 0.143. The average Bonchev–Trinajstić information content (AvgIpc) is 2.15. The fourth-order valence-electron chi connectivity index (χ4n) is 1.10. The van der Waals surface area contributed by atoms with Crippen LogP contribution in [0.2, 0.25) is 0 Å². The van der Waals surface area contributed by atoms with Gasteiger partial charge in [-0.05, 0) is 19.4 Å². The Balaban J connectivity index is 2.64. The van der Waals surface area contributed by atoms with Crippen molar-refractivity contribution in [1.29, 1.82) is 0 Å². The lowest BCUT2D eigenvalue weighted by Crippen LogP contribution is -2.11. The fraction of sp³-hybridized carbons (Fsp3) is 0.273. The van der Waals surface area contributed by atoms with Gasteiger partial charge < -0.3 is 5.11 Å². The van der Waals surface area contributed by atoms with E-state index in [1.165, 1.54) is 10.8 Å². The van der Waals surface area contributed by atoms with E-state index in [0.29, 0.717) is 0 Å². The van der Waals surface area contributed by atoms with Crippen LogP contribution in [0, 0.1) is 0 Å². The third-order valence-electron chi connectivity index (χ3n) is 1.95. The van der Waals surface area contributed by atoms with Gasteiger partial charge in [-0.3, -0.25) is 0 Å². The lowest BCUT2D eigenvalue weighted by Gasteiger charge is -1.98. The number of aliphatic hydroxyl groups excluding tert-OH is 1. The molecule has 70 valence electrons. The van der Waals surface area contributed by atoms with Gasteiger partial charge >= 0.3 is 0 Å². The SMILES string of the molecule is CC(C)=C[SiH2]c1ccc(CO)cc1. The Kier molecular flexibility index (Phi) is 3.93. The Labute approximate surface area is 81.9 Å². The summed E-state index contributed by atoms with van der Waals surface area (Å²) >= 11 is 0. The van der Waals surface area contributed by atoms with Crippen molar-refractivity contribution in [3.8, 4) is 0 Å². The number of rotatable bonds is 3. The average molecular weight is 192 g/mol. The van der Waals surface area contributed by atoms with Gasteiger partial charge in [-0.1, -0.05) is 40.7 Å². The summed E-state index contributed by atoms with van der Waals surface area (Å²) in [5.74, 6) is 0. The third-order valence-corrected chi connectivity index (χ3v) is 3.91. The molecule has 0 aliphatic heterocycles. The Hall–Kier alpha value is -0.863. The Morgan fingerprint density at radius 2 is 1.92 bits per heavy atom. The molecule has 0 saturated carbocycles. The van der Waals surface area contributed by atoms with Gasteiger partial charge in [0.2, 0.25) is 0 Å². The molecule has 0 atom stereocenters. The molecule has 0 spiro atoms. The summed E-state index contributed by atoms with van der Waals surface area (Å²) in [6, 6.07) is 8.25. The van der Waals surface area contributed by atoms with Crippen LogP contribution in [0.3, 0.4) is 0 Å². The Bertz CT molecular complexity index is 283. The van der Waals surface area contributed by atoms with Crippen molar-refractivity contribution < 1.29 is 5.11 Å². The van der Waals surface area contributed by atoms with E-state index in [2.05, 4.69) is 31.7 Å². The molecule has 0 heterocycles. The molecule has 0 unspecified atom stereocenters. The zero-order chi connectivity index (χ0) is 9.68. The second-order valence-electron chi connectivity index (χ2n) is 3.46. The highest BCUT2D eigenvalue weighted by Gasteiger charge is 1.92. The number of allylic oxidation sites excluding steroid dienone is 1. The van der Waals surface area contributed by atoms with Gasteiger partial charge in [0.1, 0.15) is 0 Å². The number of aliphatic hydroxyl groups is 1. The molecule has 0 aliphatic carbocycles. The van der Waals surface area contributed by atoms with Crippen molar-refractivity contribution in [2.24, 2.45) is 0 Å². The maximum atomic E-state index is 8.85. The maximum absolute atomic E-state index is 8.85. The van der Waals surface area contributed by atoms with Crippen molar-refractivity contribution >= 4 is 14.7 Å². The van der Waals surface area contributed by atoms with Crippen LogP contribution in [0.25, 0.3) is 0 Å². The van der Waals surface area contributed by atoms with Crippen molar-refractivity contribution in [2.75, 3.05) is 0 Å². The van der Waals surface area contributed by atoms with Crippen molar-refractivity contribution in [2.45, 2.75) is 20.5 Å². The number of hydrogen-bond acceptors (Lipinski definition) is 1. The molecule has 1 N–H and O–H groups in total. The smallest absolute Gasteiger partial charge is 0.0782 e. The van der Waals surface area contributed by atoms with Crippen LogP contribution in [-0.4, -0.2) is 14.6 Å². The molecule has 0 saturated heterocycles. The van der Waals surface area contributed by atoms with Gasteiger partial charge in [0.05, 0.1) is 16.1 Å². The quantitative estimate of drug-likeness (QED) is 0.705. The maximum Gasteiger partial charge on any atom is 0.0782 e. The second-order valence-corrected chi connectivity index (χ2v) is 5.09. The molecule has 1 rings (SSSR count). The molecule has 1 aromatic carbocycles. The number of benzene rings is 1. The molecule has 0 aliphatic rings. The van der Waals surface area contributed by atoms with E-state index >= 15 is 0 Å². The van der Waals surface area contributed by atoms with Gasteiger partial charge in [0.15, 0.2) is 0 Å². The molecule has 0 amide bonds. The van der Waals surface area contributed by atoms with E-state index < -0.39 is 0 Å². The van der Waals surface area contributed by atoms with Crippen LogP contribution >= 0.6 is 0 Å². The molecule has 1 nitrogen and oxygen atoms in total. The Morgan fingerprint density at radius 3 is 2.38 bits per heavy atom. The lowest BCUT2D eigenvalue weighted by molar-refractivity contribution is 0.282. The van der Waals surface area contributed by atoms with E-state index in [4.69, 9.17) is 5.11 Å². The molecule has 1 aromatic rings. The molecule has 0 bridgehead atoms. The van der Waals surface area contributed by atoms with Crippen molar-refractivity contribution in [1.82, 2.24) is 0 Å². The lowest BCUT2D eigenvalue weighted by atomic mass is 10.2. The first kappa shape index (κ1) is 10.2. The minimum Gasteiger partial charge on any atom is -0.392 e. The summed E-state index contributed by atoms with van der Waals surface area (Å²) in [7, 11) is -0.226. The standard InChI is InChI=1S/C11H16OSi/c1-9(2)8-13-11-5-3-10(7-12)4-6-11/h3-6,8,12H,7,13H2,1-2H3. The summed E-state index contributed by atoms with van der Waals surface area (Å²) in [5.41, 5.74) is 4.74. The molecular formula is C11H16OSi. The highest BCUT2D eigenvalue weighted by molar-refractivity contribution is 6.58. The molecule has 0 aromatic heterocycles. The normalized spacial score (nSPS) is 10.7. The molecule has 13 heavy (non-hydrogen) atoms. The van der Waals surface area contributed by atoms with Gasteiger partial charge in [0, 0.05) is 0 Å². The van der Waals surface area contributed by atoms with Crippen LogP contribution < -0.4 is 5.19 Å². The van der Waals surface area contributed by atoms with Crippen LogP contribution in [0.15, 0.2) is 35.5 Å². The van der Waals surface area contributed by atoms with Crippen LogP contribution in [0.1, 0.15) is 19.4 Å². The highest BCUT2D eigenvalue weighted by atomic mass is 28.2. The first-order valence-corrected chi connectivity index (χ1v) is 6.07. The van der Waals surface area contributed by atoms with Gasteiger partial charge in [-0.25, -0.2) is 0 Å². The monoisotopic (exact) mass is 192 g/mol. The first-order valence-electron chi connectivity index (χ1n) is 4.54. The van der Waals surface area contributed by atoms with Crippen LogP contribution in [-0.2, 0) is 6.61 Å². The van der Waals surface area contributed by atoms with Crippen molar-refractivity contribution in [3.05, 3.63) is 41.1 Å². The van der Waals surface area contributed by atoms with E-state index in [1.807, 2.05) is 12.1 Å². The van der Waals surface area contributed by atoms with E-state index in [0.717, 1.165) is 5.56 Å². The van der Waals surface area contributed by atoms with Crippen LogP contribution in [0.5, 0.6) is 0 Å². The van der Waals surface area contributed by atoms with E-state index in [-0.39, 0.29) is 16.1 Å². The predicted molar refractivity (Wildman–Crippen MR) is 60.0 cm³/mol. The molecule has 0 radical (unpaired) electrons. The summed E-state index contributed by atoms with van der Waals surface area (Å²) in [5, 5.41) is 10.3. The van der Waals surface area contributed by atoms with Crippen LogP contribution in [0.4, 0.5) is 0 Å². The van der Waals surface area contributed by atoms with Crippen molar-refractivity contribution in [3.63, 3.8) is 0 Å². The predicted octanol–water partition coefficient (Wildman–Crippen LogP) is 0.897. The zero-order valence-electron chi connectivity index (χ0n) is 8.25. The van der Waals surface area contributed by atoms with E-state index in [1.54, 1.807) is 0 Å². The molecule has 0 fully saturated rings. The summed E-state index contributed by atoms with van der Waals surface area (Å²) in [6.07, 6.45) is 0. The molecule has 2 heteroatoms. The summed E-state index contributed by atoms with van der Waals surface area (Å²) < 4.78 is 0. The topological polar surface area (TPSA) is 20.2 Å². The minimum atomic E-state index is -0.226. The van der Waals surface area contributed by atoms with Gasteiger partial charge in [-0.2, -0.15) is 0 Å². The Morgan fingerprint density at radius 1 is 1.31 bits per heavy atom. The highest BCUT2D eigenvalue weighted by Crippen LogP contribution is 1.95. The van der Waals surface area contributed by atoms with Gasteiger partial charge in [0.25, 0.3) is 0 Å². The largest absolute Gasteiger partial charge is 0.392 e. The third kappa shape index (κ3) is 3.57. The second kappa shape index (κ2) is 4.99. The zero-order valence-corrected chi connectivity index (χ0v) is 9.66. The summed E-state index contributed by atoms with van der Waals surface area (Å²) in [6.45, 7) is 4.41. The van der Waals surface area contributed by atoms with E-state index in [9.17, 15) is 0 Å². The molecular weight excluding hydrogens is 176 g/mol.